The summed E-state index contributed by atoms with van der Waals surface area (Å²) >= 11 is 0. The van der Waals surface area contributed by atoms with Crippen LogP contribution < -0.4 is 10.6 Å². The predicted molar refractivity (Wildman–Crippen MR) is 79.9 cm³/mol. The number of piperidine rings is 1. The Balaban J connectivity index is 2.15. The van der Waals surface area contributed by atoms with Crippen molar-refractivity contribution in [3.8, 4) is 0 Å². The van der Waals surface area contributed by atoms with Gasteiger partial charge in [0.15, 0.2) is 0 Å². The first-order valence-corrected chi connectivity index (χ1v) is 9.21. The lowest BCUT2D eigenvalue weighted by Crippen LogP contribution is -2.36. The largest absolute Gasteiger partial charge is 0.356 e. The second kappa shape index (κ2) is 8.59. The summed E-state index contributed by atoms with van der Waals surface area (Å²) in [7, 11) is -3.13. The van der Waals surface area contributed by atoms with Crippen LogP contribution in [-0.2, 0) is 14.8 Å². The number of carbonyl (C=O) groups is 1. The summed E-state index contributed by atoms with van der Waals surface area (Å²) in [5, 5.41) is 6.17. The zero-order chi connectivity index (χ0) is 15.0. The fourth-order valence-electron chi connectivity index (χ4n) is 2.47. The van der Waals surface area contributed by atoms with Crippen LogP contribution in [0, 0.1) is 5.92 Å². The fraction of sp³-hybridized carbons (Fsp3) is 0.923. The molecule has 7 heteroatoms. The molecule has 1 heterocycles. The van der Waals surface area contributed by atoms with Gasteiger partial charge in [-0.3, -0.25) is 4.79 Å². The number of carbonyl (C=O) groups excluding carboxylic acids is 1. The van der Waals surface area contributed by atoms with E-state index in [0.29, 0.717) is 38.4 Å². The minimum Gasteiger partial charge on any atom is -0.356 e. The van der Waals surface area contributed by atoms with Gasteiger partial charge in [-0.15, -0.1) is 0 Å². The van der Waals surface area contributed by atoms with Crippen LogP contribution in [0.4, 0.5) is 0 Å². The van der Waals surface area contributed by atoms with Crippen LogP contribution in [0.3, 0.4) is 0 Å². The molecule has 1 atom stereocenters. The van der Waals surface area contributed by atoms with E-state index in [-0.39, 0.29) is 5.91 Å². The molecular weight excluding hydrogens is 278 g/mol. The van der Waals surface area contributed by atoms with E-state index in [4.69, 9.17) is 0 Å². The van der Waals surface area contributed by atoms with Gasteiger partial charge in [-0.25, -0.2) is 12.7 Å². The van der Waals surface area contributed by atoms with E-state index in [0.717, 1.165) is 25.9 Å². The minimum atomic E-state index is -3.13. The first-order chi connectivity index (χ1) is 9.43. The molecule has 0 saturated carbocycles. The molecule has 118 valence electrons. The van der Waals surface area contributed by atoms with Gasteiger partial charge in [0.05, 0.1) is 6.26 Å². The average molecular weight is 305 g/mol. The Bertz CT molecular complexity index is 392. The maximum absolute atomic E-state index is 11.8. The summed E-state index contributed by atoms with van der Waals surface area (Å²) < 4.78 is 24.2. The van der Waals surface area contributed by atoms with Crippen LogP contribution in [0.1, 0.15) is 32.6 Å². The van der Waals surface area contributed by atoms with Crippen LogP contribution in [0.2, 0.25) is 0 Å². The van der Waals surface area contributed by atoms with Crippen molar-refractivity contribution in [2.45, 2.75) is 32.6 Å². The number of sulfonamides is 1. The van der Waals surface area contributed by atoms with E-state index in [1.165, 1.54) is 10.6 Å². The van der Waals surface area contributed by atoms with Crippen LogP contribution >= 0.6 is 0 Å². The topological polar surface area (TPSA) is 78.5 Å². The van der Waals surface area contributed by atoms with Gasteiger partial charge >= 0.3 is 0 Å². The molecule has 1 rings (SSSR count). The Kier molecular flexibility index (Phi) is 7.47. The van der Waals surface area contributed by atoms with Gasteiger partial charge in [-0.05, 0) is 38.3 Å². The standard InChI is InChI=1S/C13H27N3O3S/c1-3-16(20(2,18)19)9-5-8-15-13(17)10-12-6-4-7-14-11-12/h12,14H,3-11H2,1-2H3,(H,15,17). The van der Waals surface area contributed by atoms with Crippen molar-refractivity contribution < 1.29 is 13.2 Å². The molecular formula is C13H27N3O3S. The van der Waals surface area contributed by atoms with Crippen LogP contribution in [0.25, 0.3) is 0 Å². The fourth-order valence-corrected chi connectivity index (χ4v) is 3.40. The lowest BCUT2D eigenvalue weighted by atomic mass is 9.96. The first kappa shape index (κ1) is 17.4. The molecule has 0 aromatic heterocycles. The van der Waals surface area contributed by atoms with Gasteiger partial charge in [0.1, 0.15) is 0 Å². The molecule has 1 fully saturated rings. The Labute approximate surface area is 122 Å². The molecule has 0 bridgehead atoms. The highest BCUT2D eigenvalue weighted by Gasteiger charge is 2.17. The maximum atomic E-state index is 11.8. The third kappa shape index (κ3) is 6.67. The number of rotatable bonds is 8. The van der Waals surface area contributed by atoms with Gasteiger partial charge in [-0.2, -0.15) is 0 Å². The minimum absolute atomic E-state index is 0.0705. The van der Waals surface area contributed by atoms with Crippen molar-refractivity contribution in [3.63, 3.8) is 0 Å². The molecule has 0 aromatic rings. The molecule has 1 aliphatic rings. The molecule has 0 aromatic carbocycles. The van der Waals surface area contributed by atoms with E-state index in [1.807, 2.05) is 6.92 Å². The smallest absolute Gasteiger partial charge is 0.220 e. The average Bonchev–Trinajstić information content (AvgIpc) is 2.38. The van der Waals surface area contributed by atoms with E-state index in [1.54, 1.807) is 0 Å². The first-order valence-electron chi connectivity index (χ1n) is 7.36. The van der Waals surface area contributed by atoms with Gasteiger partial charge in [0.2, 0.25) is 15.9 Å². The number of hydrogen-bond donors (Lipinski definition) is 2. The lowest BCUT2D eigenvalue weighted by molar-refractivity contribution is -0.122. The molecule has 0 spiro atoms. The summed E-state index contributed by atoms with van der Waals surface area (Å²) in [4.78, 5) is 11.8. The molecule has 6 nitrogen and oxygen atoms in total. The van der Waals surface area contributed by atoms with E-state index < -0.39 is 10.0 Å². The summed E-state index contributed by atoms with van der Waals surface area (Å²) in [6.07, 6.45) is 4.67. The van der Waals surface area contributed by atoms with Crippen molar-refractivity contribution in [2.24, 2.45) is 5.92 Å². The molecule has 1 saturated heterocycles. The SMILES string of the molecule is CCN(CCCNC(=O)CC1CCCNC1)S(C)(=O)=O. The summed E-state index contributed by atoms with van der Waals surface area (Å²) in [5.41, 5.74) is 0. The third-order valence-electron chi connectivity index (χ3n) is 3.60. The van der Waals surface area contributed by atoms with Crippen LogP contribution in [0.5, 0.6) is 0 Å². The van der Waals surface area contributed by atoms with Crippen molar-refractivity contribution in [1.29, 1.82) is 0 Å². The molecule has 2 N–H and O–H groups in total. The second-order valence-corrected chi connectivity index (χ2v) is 7.36. The Morgan fingerprint density at radius 1 is 1.45 bits per heavy atom. The lowest BCUT2D eigenvalue weighted by Gasteiger charge is -2.22. The third-order valence-corrected chi connectivity index (χ3v) is 4.98. The van der Waals surface area contributed by atoms with Gasteiger partial charge < -0.3 is 10.6 Å². The Morgan fingerprint density at radius 2 is 2.20 bits per heavy atom. The zero-order valence-corrected chi connectivity index (χ0v) is 13.3. The van der Waals surface area contributed by atoms with Gasteiger partial charge in [0.25, 0.3) is 0 Å². The van der Waals surface area contributed by atoms with Crippen molar-refractivity contribution >= 4 is 15.9 Å². The number of amides is 1. The Morgan fingerprint density at radius 3 is 2.75 bits per heavy atom. The molecule has 0 aliphatic carbocycles. The normalized spacial score (nSPS) is 20.1. The summed E-state index contributed by atoms with van der Waals surface area (Å²) in [6, 6.07) is 0. The summed E-state index contributed by atoms with van der Waals surface area (Å²) in [5.74, 6) is 0.507. The van der Waals surface area contributed by atoms with Crippen LogP contribution in [-0.4, -0.2) is 57.6 Å². The molecule has 20 heavy (non-hydrogen) atoms. The summed E-state index contributed by atoms with van der Waals surface area (Å²) in [6.45, 7) is 5.25. The highest BCUT2D eigenvalue weighted by Crippen LogP contribution is 2.13. The van der Waals surface area contributed by atoms with Crippen molar-refractivity contribution in [3.05, 3.63) is 0 Å². The number of hydrogen-bond acceptors (Lipinski definition) is 4. The van der Waals surface area contributed by atoms with Crippen molar-refractivity contribution in [1.82, 2.24) is 14.9 Å². The quantitative estimate of drug-likeness (QED) is 0.626. The van der Waals surface area contributed by atoms with Gasteiger partial charge in [0, 0.05) is 26.1 Å². The highest BCUT2D eigenvalue weighted by atomic mass is 32.2. The van der Waals surface area contributed by atoms with Crippen molar-refractivity contribution in [2.75, 3.05) is 39.0 Å². The van der Waals surface area contributed by atoms with Crippen LogP contribution in [0.15, 0.2) is 0 Å². The van der Waals surface area contributed by atoms with E-state index in [9.17, 15) is 13.2 Å². The Hall–Kier alpha value is -0.660. The molecule has 0 radical (unpaired) electrons. The predicted octanol–water partition coefficient (Wildman–Crippen LogP) is 0.164. The zero-order valence-electron chi connectivity index (χ0n) is 12.5. The second-order valence-electron chi connectivity index (χ2n) is 5.37. The van der Waals surface area contributed by atoms with E-state index >= 15 is 0 Å². The van der Waals surface area contributed by atoms with Gasteiger partial charge in [-0.1, -0.05) is 6.92 Å². The molecule has 1 aliphatic heterocycles. The maximum Gasteiger partial charge on any atom is 0.220 e. The number of nitrogens with one attached hydrogen (secondary N) is 2. The highest BCUT2D eigenvalue weighted by molar-refractivity contribution is 7.88. The monoisotopic (exact) mass is 305 g/mol. The van der Waals surface area contributed by atoms with E-state index in [2.05, 4.69) is 10.6 Å². The molecule has 1 amide bonds. The molecule has 1 unspecified atom stereocenters. The number of nitrogens with zero attached hydrogens (tertiary/aromatic N) is 1.